The number of para-hydroxylation sites is 1. The van der Waals surface area contributed by atoms with Crippen LogP contribution >= 0.6 is 0 Å². The third kappa shape index (κ3) is 6.45. The highest BCUT2D eigenvalue weighted by Crippen LogP contribution is 2.23. The molecule has 2 N–H and O–H groups in total. The predicted molar refractivity (Wildman–Crippen MR) is 107 cm³/mol. The van der Waals surface area contributed by atoms with Crippen LogP contribution in [0.5, 0.6) is 0 Å². The van der Waals surface area contributed by atoms with E-state index in [4.69, 9.17) is 0 Å². The fraction of sp³-hybridized carbons (Fsp3) is 0.273. The van der Waals surface area contributed by atoms with Gasteiger partial charge in [-0.15, -0.1) is 0 Å². The second-order valence-electron chi connectivity index (χ2n) is 5.45. The molecule has 0 atom stereocenters. The molecule has 4 nitrogen and oxygen atoms in total. The van der Waals surface area contributed by atoms with Crippen molar-refractivity contribution < 1.29 is 9.59 Å². The molecule has 0 bridgehead atoms. The van der Waals surface area contributed by atoms with Crippen molar-refractivity contribution >= 4 is 17.9 Å². The first-order chi connectivity index (χ1) is 12.6. The Morgan fingerprint density at radius 1 is 1.08 bits per heavy atom. The minimum absolute atomic E-state index is 0.170. The van der Waals surface area contributed by atoms with Crippen molar-refractivity contribution in [3.05, 3.63) is 65.2 Å². The first-order valence-corrected chi connectivity index (χ1v) is 8.74. The van der Waals surface area contributed by atoms with Crippen molar-refractivity contribution in [2.45, 2.75) is 33.2 Å². The number of rotatable bonds is 3. The van der Waals surface area contributed by atoms with Gasteiger partial charge >= 0.3 is 0 Å². The van der Waals surface area contributed by atoms with Gasteiger partial charge in [0.05, 0.1) is 5.69 Å². The summed E-state index contributed by atoms with van der Waals surface area (Å²) in [6, 6.07) is 16.6. The van der Waals surface area contributed by atoms with Gasteiger partial charge in [0.15, 0.2) is 0 Å². The molecule has 2 aromatic rings. The fourth-order valence-corrected chi connectivity index (χ4v) is 2.37. The van der Waals surface area contributed by atoms with Crippen molar-refractivity contribution in [3.8, 4) is 11.8 Å². The number of nitrogens with two attached hydrogens (primary N) is 1. The quantitative estimate of drug-likeness (QED) is 0.680. The van der Waals surface area contributed by atoms with E-state index in [1.54, 1.807) is 0 Å². The van der Waals surface area contributed by atoms with Crippen molar-refractivity contribution in [3.63, 3.8) is 0 Å². The summed E-state index contributed by atoms with van der Waals surface area (Å²) in [6.45, 7) is 4.90. The minimum atomic E-state index is -0.424. The molecule has 3 rings (SSSR count). The van der Waals surface area contributed by atoms with E-state index < -0.39 is 5.91 Å². The summed E-state index contributed by atoms with van der Waals surface area (Å²) in [5, 5.41) is 0. The topological polar surface area (TPSA) is 63.4 Å². The van der Waals surface area contributed by atoms with Crippen LogP contribution in [0.15, 0.2) is 48.5 Å². The monoisotopic (exact) mass is 350 g/mol. The number of carbonyl (C=O) groups excluding carboxylic acids is 2. The Morgan fingerprint density at radius 3 is 2.27 bits per heavy atom. The Labute approximate surface area is 156 Å². The maximum Gasteiger partial charge on any atom is 0.217 e. The summed E-state index contributed by atoms with van der Waals surface area (Å²) in [5.41, 5.74) is 9.41. The molecule has 0 saturated carbocycles. The molecule has 0 unspecified atom stereocenters. The van der Waals surface area contributed by atoms with Crippen LogP contribution in [0, 0.1) is 11.8 Å². The molecule has 0 spiro atoms. The largest absolute Gasteiger partial charge is 0.370 e. The van der Waals surface area contributed by atoms with Crippen LogP contribution in [-0.4, -0.2) is 19.2 Å². The zero-order valence-corrected chi connectivity index (χ0v) is 15.7. The zero-order valence-electron chi connectivity index (χ0n) is 15.7. The van der Waals surface area contributed by atoms with Gasteiger partial charge in [0.2, 0.25) is 5.91 Å². The van der Waals surface area contributed by atoms with Gasteiger partial charge in [-0.3, -0.25) is 4.79 Å². The molecule has 1 aliphatic rings. The standard InChI is InChI=1S/C16H13N.C4H7NO2.C2H6/c1-17-12-15-8-3-2-6-13(15)10-11-14-7-4-5-9-16(14)17;5-4(7)2-1-3-6;1-2/h2-9H,12H2,1H3;3H,1-2H2,(H2,5,7);1-2H3. The Kier molecular flexibility index (Phi) is 9.27. The summed E-state index contributed by atoms with van der Waals surface area (Å²) >= 11 is 0. The third-order valence-electron chi connectivity index (χ3n) is 3.58. The fourth-order valence-electron chi connectivity index (χ4n) is 2.37. The molecule has 2 aromatic carbocycles. The van der Waals surface area contributed by atoms with Gasteiger partial charge in [-0.1, -0.05) is 56.0 Å². The lowest BCUT2D eigenvalue weighted by Crippen LogP contribution is -2.19. The minimum Gasteiger partial charge on any atom is -0.370 e. The van der Waals surface area contributed by atoms with E-state index in [-0.39, 0.29) is 12.8 Å². The molecule has 26 heavy (non-hydrogen) atoms. The lowest BCUT2D eigenvalue weighted by Gasteiger charge is -2.22. The van der Waals surface area contributed by atoms with E-state index in [0.717, 1.165) is 17.7 Å². The van der Waals surface area contributed by atoms with Crippen LogP contribution in [0.1, 0.15) is 43.4 Å². The smallest absolute Gasteiger partial charge is 0.217 e. The van der Waals surface area contributed by atoms with Crippen molar-refractivity contribution in [1.29, 1.82) is 0 Å². The van der Waals surface area contributed by atoms with Crippen LogP contribution in [0.4, 0.5) is 5.69 Å². The molecule has 4 heteroatoms. The lowest BCUT2D eigenvalue weighted by atomic mass is 10.0. The number of carbonyl (C=O) groups is 2. The second kappa shape index (κ2) is 11.5. The SMILES string of the molecule is CC.CN1Cc2ccccc2C#Cc2ccccc21.NC(=O)CCC=O. The van der Waals surface area contributed by atoms with Crippen LogP contribution in [-0.2, 0) is 16.1 Å². The van der Waals surface area contributed by atoms with E-state index in [1.165, 1.54) is 11.3 Å². The summed E-state index contributed by atoms with van der Waals surface area (Å²) in [4.78, 5) is 21.6. The van der Waals surface area contributed by atoms with Crippen molar-refractivity contribution in [2.75, 3.05) is 11.9 Å². The summed E-state index contributed by atoms with van der Waals surface area (Å²) in [7, 11) is 2.11. The van der Waals surface area contributed by atoms with Crippen LogP contribution in [0.3, 0.4) is 0 Å². The highest BCUT2D eigenvalue weighted by atomic mass is 16.1. The Hall–Kier alpha value is -3.06. The van der Waals surface area contributed by atoms with E-state index >= 15 is 0 Å². The number of fused-ring (bicyclic) bond motifs is 2. The maximum atomic E-state index is 9.82. The van der Waals surface area contributed by atoms with E-state index in [9.17, 15) is 9.59 Å². The molecule has 0 aliphatic carbocycles. The molecule has 0 saturated heterocycles. The number of aldehydes is 1. The molecular formula is C22H26N2O2. The molecule has 0 radical (unpaired) electrons. The van der Waals surface area contributed by atoms with Crippen molar-refractivity contribution in [2.24, 2.45) is 5.73 Å². The molecule has 1 aliphatic heterocycles. The lowest BCUT2D eigenvalue weighted by molar-refractivity contribution is -0.119. The van der Waals surface area contributed by atoms with E-state index in [0.29, 0.717) is 6.29 Å². The number of nitrogens with zero attached hydrogens (tertiary/aromatic N) is 1. The van der Waals surface area contributed by atoms with Gasteiger partial charge < -0.3 is 15.4 Å². The van der Waals surface area contributed by atoms with E-state index in [2.05, 4.69) is 65.9 Å². The van der Waals surface area contributed by atoms with Gasteiger partial charge in [-0.2, -0.15) is 0 Å². The van der Waals surface area contributed by atoms with Gasteiger partial charge in [-0.05, 0) is 23.8 Å². The first-order valence-electron chi connectivity index (χ1n) is 8.74. The predicted octanol–water partition coefficient (Wildman–Crippen LogP) is 3.51. The second-order valence-corrected chi connectivity index (χ2v) is 5.45. The highest BCUT2D eigenvalue weighted by Gasteiger charge is 2.10. The molecule has 1 amide bonds. The summed E-state index contributed by atoms with van der Waals surface area (Å²) in [6.07, 6.45) is 1.09. The van der Waals surface area contributed by atoms with Crippen LogP contribution in [0.25, 0.3) is 0 Å². The molecule has 0 aromatic heterocycles. The van der Waals surface area contributed by atoms with Gasteiger partial charge in [0.25, 0.3) is 0 Å². The third-order valence-corrected chi connectivity index (χ3v) is 3.58. The zero-order chi connectivity index (χ0) is 19.4. The summed E-state index contributed by atoms with van der Waals surface area (Å²) < 4.78 is 0. The molecular weight excluding hydrogens is 324 g/mol. The highest BCUT2D eigenvalue weighted by molar-refractivity contribution is 5.76. The van der Waals surface area contributed by atoms with Gasteiger partial charge in [-0.25, -0.2) is 0 Å². The number of anilines is 1. The maximum absolute atomic E-state index is 9.82. The average Bonchev–Trinajstić information content (AvgIpc) is 2.66. The van der Waals surface area contributed by atoms with Crippen LogP contribution in [0.2, 0.25) is 0 Å². The average molecular weight is 350 g/mol. The number of benzene rings is 2. The first kappa shape index (κ1) is 21.0. The number of hydrogen-bond donors (Lipinski definition) is 1. The molecule has 136 valence electrons. The Bertz CT molecular complexity index is 788. The summed E-state index contributed by atoms with van der Waals surface area (Å²) in [5.74, 6) is 6.10. The van der Waals surface area contributed by atoms with Gasteiger partial charge in [0.1, 0.15) is 6.29 Å². The van der Waals surface area contributed by atoms with E-state index in [1.807, 2.05) is 26.0 Å². The Balaban J connectivity index is 0.000000321. The van der Waals surface area contributed by atoms with Crippen molar-refractivity contribution in [1.82, 2.24) is 0 Å². The molecule has 0 fully saturated rings. The number of amides is 1. The normalized spacial score (nSPS) is 10.7. The van der Waals surface area contributed by atoms with Gasteiger partial charge in [0, 0.05) is 37.6 Å². The Morgan fingerprint density at radius 2 is 1.65 bits per heavy atom. The number of primary amides is 1. The molecule has 1 heterocycles. The van der Waals surface area contributed by atoms with Crippen LogP contribution < -0.4 is 10.6 Å². The number of hydrogen-bond acceptors (Lipinski definition) is 3.